The first-order valence-electron chi connectivity index (χ1n) is 4.57. The van der Waals surface area contributed by atoms with Crippen LogP contribution in [0.15, 0.2) is 30.3 Å². The standard InChI is InChI=1S/C11H11O4Se/c1-15-9(12)7-11(16,10(13)14)8-5-3-2-4-6-8/h2-6H,7H2,1H3,(H,13,14). The summed E-state index contributed by atoms with van der Waals surface area (Å²) in [6.45, 7) is 0. The van der Waals surface area contributed by atoms with Crippen LogP contribution in [0.3, 0.4) is 0 Å². The first-order valence-corrected chi connectivity index (χ1v) is 5.42. The molecule has 85 valence electrons. The fraction of sp³-hybridized carbons (Fsp3) is 0.273. The van der Waals surface area contributed by atoms with Gasteiger partial charge < -0.3 is 0 Å². The average molecular weight is 286 g/mol. The van der Waals surface area contributed by atoms with Crippen LogP contribution >= 0.6 is 0 Å². The molecule has 0 saturated heterocycles. The van der Waals surface area contributed by atoms with Crippen LogP contribution in [0.25, 0.3) is 0 Å². The van der Waals surface area contributed by atoms with Gasteiger partial charge in [0.2, 0.25) is 0 Å². The molecule has 4 nitrogen and oxygen atoms in total. The van der Waals surface area contributed by atoms with Crippen LogP contribution < -0.4 is 0 Å². The topological polar surface area (TPSA) is 63.6 Å². The van der Waals surface area contributed by atoms with Gasteiger partial charge in [0.15, 0.2) is 0 Å². The quantitative estimate of drug-likeness (QED) is 0.653. The summed E-state index contributed by atoms with van der Waals surface area (Å²) in [5.74, 6) is -1.66. The molecule has 5 heteroatoms. The number of rotatable bonds is 4. The fourth-order valence-corrected chi connectivity index (χ4v) is 1.82. The third-order valence-corrected chi connectivity index (χ3v) is 3.37. The van der Waals surface area contributed by atoms with E-state index >= 15 is 0 Å². The van der Waals surface area contributed by atoms with Crippen LogP contribution in [0.2, 0.25) is 0 Å². The number of carboxylic acids is 1. The van der Waals surface area contributed by atoms with E-state index in [1.165, 1.54) is 7.11 Å². The van der Waals surface area contributed by atoms with E-state index in [1.54, 1.807) is 30.3 Å². The van der Waals surface area contributed by atoms with Crippen molar-refractivity contribution in [2.24, 2.45) is 0 Å². The molecule has 0 heterocycles. The third-order valence-electron chi connectivity index (χ3n) is 2.21. The zero-order valence-corrected chi connectivity index (χ0v) is 10.4. The Bertz CT molecular complexity index is 390. The molecule has 0 aliphatic rings. The summed E-state index contributed by atoms with van der Waals surface area (Å²) >= 11 is 2.57. The molecule has 16 heavy (non-hydrogen) atoms. The number of carbonyl (C=O) groups is 2. The molecule has 1 N–H and O–H groups in total. The molecule has 0 amide bonds. The minimum atomic E-state index is -1.37. The number of esters is 1. The average Bonchev–Trinajstić information content (AvgIpc) is 2.29. The van der Waals surface area contributed by atoms with Gasteiger partial charge in [-0.2, -0.15) is 0 Å². The molecule has 1 radical (unpaired) electrons. The second kappa shape index (κ2) is 5.14. The van der Waals surface area contributed by atoms with E-state index in [9.17, 15) is 14.7 Å². The maximum atomic E-state index is 11.2. The summed E-state index contributed by atoms with van der Waals surface area (Å²) in [7, 11) is 1.23. The van der Waals surface area contributed by atoms with E-state index in [1.807, 2.05) is 0 Å². The molecule has 1 unspecified atom stereocenters. The maximum absolute atomic E-state index is 11.2. The molecular formula is C11H11O4Se. The summed E-state index contributed by atoms with van der Waals surface area (Å²) in [6.07, 6.45) is -0.233. The minimum absolute atomic E-state index is 0.233. The monoisotopic (exact) mass is 287 g/mol. The van der Waals surface area contributed by atoms with Gasteiger partial charge in [-0.3, -0.25) is 0 Å². The Labute approximate surface area is 101 Å². The van der Waals surface area contributed by atoms with Crippen LogP contribution in [0.5, 0.6) is 0 Å². The van der Waals surface area contributed by atoms with Crippen molar-refractivity contribution in [3.05, 3.63) is 35.9 Å². The van der Waals surface area contributed by atoms with Gasteiger partial charge in [0.25, 0.3) is 0 Å². The Hall–Kier alpha value is -1.32. The number of hydrogen-bond acceptors (Lipinski definition) is 3. The van der Waals surface area contributed by atoms with Gasteiger partial charge in [-0.1, -0.05) is 0 Å². The predicted octanol–water partition coefficient (Wildman–Crippen LogP) is 0.698. The molecule has 1 aromatic carbocycles. The number of benzene rings is 1. The van der Waals surface area contributed by atoms with Gasteiger partial charge >= 0.3 is 101 Å². The second-order valence-electron chi connectivity index (χ2n) is 3.25. The number of carboxylic acid groups (broad SMARTS) is 1. The van der Waals surface area contributed by atoms with Gasteiger partial charge in [0.1, 0.15) is 0 Å². The van der Waals surface area contributed by atoms with Crippen molar-refractivity contribution < 1.29 is 19.4 Å². The molecule has 0 aromatic heterocycles. The van der Waals surface area contributed by atoms with Gasteiger partial charge in [-0.05, 0) is 0 Å². The van der Waals surface area contributed by atoms with Gasteiger partial charge in [0, 0.05) is 0 Å². The zero-order chi connectivity index (χ0) is 12.2. The molecular weight excluding hydrogens is 275 g/mol. The van der Waals surface area contributed by atoms with Crippen molar-refractivity contribution in [1.29, 1.82) is 0 Å². The summed E-state index contributed by atoms with van der Waals surface area (Å²) in [5, 5.41) is 9.19. The first kappa shape index (κ1) is 12.7. The fourth-order valence-electron chi connectivity index (χ4n) is 1.28. The first-order chi connectivity index (χ1) is 7.50. The molecule has 0 spiro atoms. The van der Waals surface area contributed by atoms with Crippen LogP contribution in [0.1, 0.15) is 12.0 Å². The zero-order valence-electron chi connectivity index (χ0n) is 8.67. The summed E-state index contributed by atoms with van der Waals surface area (Å²) in [6, 6.07) is 8.55. The van der Waals surface area contributed by atoms with Gasteiger partial charge in [-0.25, -0.2) is 0 Å². The van der Waals surface area contributed by atoms with E-state index in [2.05, 4.69) is 20.7 Å². The Morgan fingerprint density at radius 3 is 2.38 bits per heavy atom. The molecule has 0 fully saturated rings. The molecule has 0 aliphatic carbocycles. The third kappa shape index (κ3) is 2.62. The molecule has 0 saturated carbocycles. The Morgan fingerprint density at radius 1 is 1.38 bits per heavy atom. The van der Waals surface area contributed by atoms with Crippen molar-refractivity contribution in [3.63, 3.8) is 0 Å². The van der Waals surface area contributed by atoms with Crippen molar-refractivity contribution in [2.45, 2.75) is 10.7 Å². The summed E-state index contributed by atoms with van der Waals surface area (Å²) < 4.78 is 3.13. The van der Waals surface area contributed by atoms with Gasteiger partial charge in [0.05, 0.1) is 0 Å². The number of ether oxygens (including phenoxy) is 1. The van der Waals surface area contributed by atoms with E-state index in [-0.39, 0.29) is 6.42 Å². The molecule has 0 aliphatic heterocycles. The number of methoxy groups -OCH3 is 1. The van der Waals surface area contributed by atoms with E-state index in [0.29, 0.717) is 5.56 Å². The van der Waals surface area contributed by atoms with Crippen LogP contribution in [-0.2, 0) is 18.6 Å². The van der Waals surface area contributed by atoms with Crippen molar-refractivity contribution in [1.82, 2.24) is 0 Å². The number of aliphatic carboxylic acids is 1. The van der Waals surface area contributed by atoms with Crippen molar-refractivity contribution in [2.75, 3.05) is 7.11 Å². The Morgan fingerprint density at radius 2 is 1.94 bits per heavy atom. The van der Waals surface area contributed by atoms with Crippen LogP contribution in [0, 0.1) is 0 Å². The normalized spacial score (nSPS) is 13.9. The molecule has 1 rings (SSSR count). The Kier molecular flexibility index (Phi) is 4.10. The van der Waals surface area contributed by atoms with Crippen LogP contribution in [0.4, 0.5) is 0 Å². The van der Waals surface area contributed by atoms with Crippen molar-refractivity contribution >= 4 is 28.0 Å². The van der Waals surface area contributed by atoms with E-state index < -0.39 is 16.3 Å². The molecule has 1 atom stereocenters. The second-order valence-corrected chi connectivity index (χ2v) is 4.71. The van der Waals surface area contributed by atoms with Gasteiger partial charge in [-0.15, -0.1) is 0 Å². The number of carbonyl (C=O) groups excluding carboxylic acids is 1. The Balaban J connectivity index is 3.07. The summed E-state index contributed by atoms with van der Waals surface area (Å²) in [4.78, 5) is 22.4. The van der Waals surface area contributed by atoms with E-state index in [4.69, 9.17) is 0 Å². The molecule has 0 bridgehead atoms. The van der Waals surface area contributed by atoms with Crippen molar-refractivity contribution in [3.8, 4) is 0 Å². The predicted molar refractivity (Wildman–Crippen MR) is 58.1 cm³/mol. The molecule has 1 aromatic rings. The summed E-state index contributed by atoms with van der Waals surface area (Å²) in [5.41, 5.74) is 0.535. The van der Waals surface area contributed by atoms with E-state index in [0.717, 1.165) is 0 Å². The SMILES string of the molecule is COC(=O)CC([Se])(C(=O)O)c1ccccc1. The number of hydrogen-bond donors (Lipinski definition) is 1. The van der Waals surface area contributed by atoms with Crippen LogP contribution in [-0.4, -0.2) is 40.2 Å².